The summed E-state index contributed by atoms with van der Waals surface area (Å²) in [5, 5.41) is 13.0. The second kappa shape index (κ2) is 6.31. The number of benzene rings is 2. The minimum Gasteiger partial charge on any atom is -0.496 e. The van der Waals surface area contributed by atoms with Crippen LogP contribution in [0.5, 0.6) is 5.75 Å². The molecule has 0 aromatic heterocycles. The number of nitrogens with zero attached hydrogens (tertiary/aromatic N) is 1. The van der Waals surface area contributed by atoms with Gasteiger partial charge in [0.2, 0.25) is 0 Å². The minimum atomic E-state index is 0.569. The fourth-order valence-corrected chi connectivity index (χ4v) is 2.13. The second-order valence-electron chi connectivity index (χ2n) is 4.45. The predicted molar refractivity (Wildman–Crippen MR) is 81.2 cm³/mol. The molecule has 3 nitrogen and oxygen atoms in total. The molecule has 2 rings (SSSR count). The van der Waals surface area contributed by atoms with Gasteiger partial charge in [-0.1, -0.05) is 17.7 Å². The van der Waals surface area contributed by atoms with Gasteiger partial charge in [-0.15, -0.1) is 0 Å². The molecule has 0 aliphatic heterocycles. The van der Waals surface area contributed by atoms with Crippen LogP contribution in [-0.4, -0.2) is 7.11 Å². The third-order valence-corrected chi connectivity index (χ3v) is 3.31. The summed E-state index contributed by atoms with van der Waals surface area (Å²) in [6.07, 6.45) is 0. The summed E-state index contributed by atoms with van der Waals surface area (Å²) in [7, 11) is 1.62. The number of hydrogen-bond acceptors (Lipinski definition) is 3. The Hall–Kier alpha value is -2.18. The third-order valence-electron chi connectivity index (χ3n) is 3.08. The van der Waals surface area contributed by atoms with Gasteiger partial charge in [0, 0.05) is 22.8 Å². The van der Waals surface area contributed by atoms with E-state index < -0.39 is 0 Å². The molecule has 0 unspecified atom stereocenters. The number of anilines is 1. The van der Waals surface area contributed by atoms with E-state index in [1.807, 2.05) is 31.2 Å². The molecule has 0 bridgehead atoms. The highest BCUT2D eigenvalue weighted by Crippen LogP contribution is 2.24. The second-order valence-corrected chi connectivity index (χ2v) is 4.89. The van der Waals surface area contributed by atoms with E-state index >= 15 is 0 Å². The van der Waals surface area contributed by atoms with E-state index in [1.54, 1.807) is 19.2 Å². The molecule has 102 valence electrons. The quantitative estimate of drug-likeness (QED) is 0.919. The van der Waals surface area contributed by atoms with Gasteiger partial charge in [-0.05, 0) is 42.8 Å². The van der Waals surface area contributed by atoms with Gasteiger partial charge in [-0.25, -0.2) is 0 Å². The van der Waals surface area contributed by atoms with E-state index in [9.17, 15) is 0 Å². The number of ether oxygens (including phenoxy) is 1. The van der Waals surface area contributed by atoms with E-state index in [-0.39, 0.29) is 0 Å². The summed E-state index contributed by atoms with van der Waals surface area (Å²) < 4.78 is 5.31. The summed E-state index contributed by atoms with van der Waals surface area (Å²) in [5.74, 6) is 0.760. The fourth-order valence-electron chi connectivity index (χ4n) is 1.96. The molecule has 0 radical (unpaired) electrons. The predicted octanol–water partition coefficient (Wildman–Crippen LogP) is 4.14. The van der Waals surface area contributed by atoms with Gasteiger partial charge in [-0.2, -0.15) is 5.26 Å². The Morgan fingerprint density at radius 3 is 2.75 bits per heavy atom. The first-order valence-corrected chi connectivity index (χ1v) is 6.59. The van der Waals surface area contributed by atoms with E-state index in [0.29, 0.717) is 17.1 Å². The van der Waals surface area contributed by atoms with Crippen molar-refractivity contribution in [3.8, 4) is 11.8 Å². The molecule has 0 fully saturated rings. The molecular weight excluding hydrogens is 272 g/mol. The standard InChI is InChI=1S/C16H15ClN2O/c1-11-3-5-14(17)8-15(11)19-10-13-7-12(9-18)4-6-16(13)20-2/h3-8,19H,10H2,1-2H3. The zero-order valence-corrected chi connectivity index (χ0v) is 12.2. The van der Waals surface area contributed by atoms with Crippen molar-refractivity contribution < 1.29 is 4.74 Å². The van der Waals surface area contributed by atoms with E-state index in [0.717, 1.165) is 22.6 Å². The van der Waals surface area contributed by atoms with Crippen molar-refractivity contribution in [2.45, 2.75) is 13.5 Å². The molecule has 4 heteroatoms. The molecule has 2 aromatic rings. The Morgan fingerprint density at radius 2 is 2.05 bits per heavy atom. The SMILES string of the molecule is COc1ccc(C#N)cc1CNc1cc(Cl)ccc1C. The van der Waals surface area contributed by atoms with Crippen LogP contribution in [0.3, 0.4) is 0 Å². The van der Waals surface area contributed by atoms with Crippen molar-refractivity contribution in [1.82, 2.24) is 0 Å². The summed E-state index contributed by atoms with van der Waals surface area (Å²) in [6.45, 7) is 2.58. The number of rotatable bonds is 4. The highest BCUT2D eigenvalue weighted by molar-refractivity contribution is 6.30. The van der Waals surface area contributed by atoms with E-state index in [2.05, 4.69) is 11.4 Å². The van der Waals surface area contributed by atoms with Crippen LogP contribution in [-0.2, 0) is 6.54 Å². The summed E-state index contributed by atoms with van der Waals surface area (Å²) in [4.78, 5) is 0. The molecule has 0 saturated heterocycles. The van der Waals surface area contributed by atoms with E-state index in [4.69, 9.17) is 21.6 Å². The Balaban J connectivity index is 2.22. The van der Waals surface area contributed by atoms with Gasteiger partial charge in [0.25, 0.3) is 0 Å². The highest BCUT2D eigenvalue weighted by Gasteiger charge is 2.06. The molecule has 0 saturated carbocycles. The molecule has 0 amide bonds. The largest absolute Gasteiger partial charge is 0.496 e. The lowest BCUT2D eigenvalue weighted by atomic mass is 10.1. The molecular formula is C16H15ClN2O. The summed E-state index contributed by atoms with van der Waals surface area (Å²) >= 11 is 6.00. The zero-order chi connectivity index (χ0) is 14.5. The maximum Gasteiger partial charge on any atom is 0.123 e. The zero-order valence-electron chi connectivity index (χ0n) is 11.4. The summed E-state index contributed by atoms with van der Waals surface area (Å²) in [5.41, 5.74) is 3.64. The number of halogens is 1. The Morgan fingerprint density at radius 1 is 1.25 bits per heavy atom. The van der Waals surface area contributed by atoms with Crippen LogP contribution in [0.4, 0.5) is 5.69 Å². The lowest BCUT2D eigenvalue weighted by molar-refractivity contribution is 0.410. The Labute approximate surface area is 123 Å². The average Bonchev–Trinajstić information content (AvgIpc) is 2.47. The van der Waals surface area contributed by atoms with E-state index in [1.165, 1.54) is 0 Å². The first kappa shape index (κ1) is 14.2. The molecule has 1 N–H and O–H groups in total. The first-order chi connectivity index (χ1) is 9.63. The van der Waals surface area contributed by atoms with Gasteiger partial charge < -0.3 is 10.1 Å². The van der Waals surface area contributed by atoms with Gasteiger partial charge in [-0.3, -0.25) is 0 Å². The monoisotopic (exact) mass is 286 g/mol. The highest BCUT2D eigenvalue weighted by atomic mass is 35.5. The molecule has 20 heavy (non-hydrogen) atoms. The Bertz CT molecular complexity index is 662. The van der Waals surface area contributed by atoms with Crippen molar-refractivity contribution in [1.29, 1.82) is 5.26 Å². The number of nitriles is 1. The molecule has 0 aliphatic carbocycles. The van der Waals surface area contributed by atoms with Crippen molar-refractivity contribution in [2.24, 2.45) is 0 Å². The van der Waals surface area contributed by atoms with Gasteiger partial charge in [0.15, 0.2) is 0 Å². The fraction of sp³-hybridized carbons (Fsp3) is 0.188. The van der Waals surface area contributed by atoms with Gasteiger partial charge >= 0.3 is 0 Å². The molecule has 0 heterocycles. The van der Waals surface area contributed by atoms with Crippen LogP contribution >= 0.6 is 11.6 Å². The van der Waals surface area contributed by atoms with Gasteiger partial charge in [0.05, 0.1) is 18.7 Å². The lowest BCUT2D eigenvalue weighted by Gasteiger charge is -2.13. The summed E-state index contributed by atoms with van der Waals surface area (Å²) in [6, 6.07) is 13.2. The van der Waals surface area contributed by atoms with Crippen LogP contribution in [0, 0.1) is 18.3 Å². The maximum absolute atomic E-state index is 8.96. The van der Waals surface area contributed by atoms with Crippen LogP contribution in [0.15, 0.2) is 36.4 Å². The minimum absolute atomic E-state index is 0.569. The average molecular weight is 287 g/mol. The molecule has 0 atom stereocenters. The Kier molecular flexibility index (Phi) is 4.49. The third kappa shape index (κ3) is 3.23. The number of hydrogen-bond donors (Lipinski definition) is 1. The number of methoxy groups -OCH3 is 1. The van der Waals surface area contributed by atoms with Crippen molar-refractivity contribution in [3.05, 3.63) is 58.1 Å². The smallest absolute Gasteiger partial charge is 0.123 e. The maximum atomic E-state index is 8.96. The van der Waals surface area contributed by atoms with Crippen LogP contribution in [0.1, 0.15) is 16.7 Å². The van der Waals surface area contributed by atoms with Crippen LogP contribution in [0.2, 0.25) is 5.02 Å². The van der Waals surface area contributed by atoms with Crippen LogP contribution in [0.25, 0.3) is 0 Å². The van der Waals surface area contributed by atoms with Crippen molar-refractivity contribution in [3.63, 3.8) is 0 Å². The molecule has 0 spiro atoms. The van der Waals surface area contributed by atoms with Crippen molar-refractivity contribution in [2.75, 3.05) is 12.4 Å². The topological polar surface area (TPSA) is 45.0 Å². The van der Waals surface area contributed by atoms with Crippen molar-refractivity contribution >= 4 is 17.3 Å². The normalized spacial score (nSPS) is 9.90. The number of nitrogens with one attached hydrogen (secondary N) is 1. The molecule has 2 aromatic carbocycles. The van der Waals surface area contributed by atoms with Crippen LogP contribution < -0.4 is 10.1 Å². The van der Waals surface area contributed by atoms with Gasteiger partial charge in [0.1, 0.15) is 5.75 Å². The first-order valence-electron chi connectivity index (χ1n) is 6.21. The number of aryl methyl sites for hydroxylation is 1. The molecule has 0 aliphatic rings. The lowest BCUT2D eigenvalue weighted by Crippen LogP contribution is -2.03.